The van der Waals surface area contributed by atoms with E-state index in [2.05, 4.69) is 86.8 Å². The molecule has 10 nitrogen and oxygen atoms in total. The van der Waals surface area contributed by atoms with Gasteiger partial charge in [-0.15, -0.1) is 0 Å². The van der Waals surface area contributed by atoms with E-state index in [0.29, 0.717) is 92.4 Å². The van der Waals surface area contributed by atoms with Gasteiger partial charge in [-0.25, -0.2) is 4.79 Å². The monoisotopic (exact) mass is 697 g/mol. The molecule has 3 aromatic carbocycles. The molecule has 3 aromatic rings. The molecule has 270 valence electrons. The van der Waals surface area contributed by atoms with Crippen LogP contribution in [0.4, 0.5) is 4.79 Å². The Morgan fingerprint density at radius 2 is 0.898 bits per heavy atom. The molecule has 0 aliphatic carbocycles. The topological polar surface area (TPSA) is 103 Å². The lowest BCUT2D eigenvalue weighted by Gasteiger charge is -2.43. The summed E-state index contributed by atoms with van der Waals surface area (Å²) in [5.41, 5.74) is 0.941. The average Bonchev–Trinajstić information content (AvgIpc) is 3.12. The molecule has 0 saturated heterocycles. The van der Waals surface area contributed by atoms with E-state index in [1.165, 1.54) is 10.4 Å². The van der Waals surface area contributed by atoms with Crippen LogP contribution in [0.3, 0.4) is 0 Å². The first kappa shape index (κ1) is 40.3. The Hall–Kier alpha value is -3.13. The van der Waals surface area contributed by atoms with Gasteiger partial charge in [0.25, 0.3) is 8.32 Å². The molecule has 1 N–H and O–H groups in total. The standard InChI is InChI=1S/C38H55NO9Si/c1-38(2,3)49(35-15-9-5-10-16-35,36-17-11-6-12-18-36)48-32-31-46-30-29-45-28-27-44-26-25-43-24-23-42-22-21-41-20-19-39-37(40)47-33-34-13-7-4-8-14-34/h4-18H,19-33H2,1-3H3,(H,39,40). The van der Waals surface area contributed by atoms with Crippen molar-refractivity contribution in [1.29, 1.82) is 0 Å². The minimum atomic E-state index is -2.54. The molecule has 0 fully saturated rings. The number of amides is 1. The van der Waals surface area contributed by atoms with Crippen molar-refractivity contribution in [3.05, 3.63) is 96.6 Å². The van der Waals surface area contributed by atoms with Crippen LogP contribution in [0.5, 0.6) is 0 Å². The van der Waals surface area contributed by atoms with E-state index in [4.69, 9.17) is 37.6 Å². The van der Waals surface area contributed by atoms with Crippen molar-refractivity contribution >= 4 is 24.8 Å². The second-order valence-electron chi connectivity index (χ2n) is 12.2. The van der Waals surface area contributed by atoms with Crippen molar-refractivity contribution in [2.75, 3.05) is 92.4 Å². The lowest BCUT2D eigenvalue weighted by molar-refractivity contribution is -0.0177. The SMILES string of the molecule is CC(C)(C)[Si](OCCOCCOCCOCCOCCOCCOCCNC(=O)OCc1ccccc1)(c1ccccc1)c1ccccc1. The number of hydrogen-bond acceptors (Lipinski definition) is 9. The molecule has 11 heteroatoms. The van der Waals surface area contributed by atoms with Crippen molar-refractivity contribution < 1.29 is 42.4 Å². The van der Waals surface area contributed by atoms with Gasteiger partial charge < -0.3 is 42.9 Å². The Morgan fingerprint density at radius 1 is 0.531 bits per heavy atom. The maximum Gasteiger partial charge on any atom is 0.407 e. The molecule has 49 heavy (non-hydrogen) atoms. The number of rotatable bonds is 26. The first-order valence-corrected chi connectivity index (χ1v) is 19.0. The molecule has 0 saturated carbocycles. The van der Waals surface area contributed by atoms with Crippen LogP contribution in [-0.4, -0.2) is 107 Å². The van der Waals surface area contributed by atoms with Gasteiger partial charge in [0.1, 0.15) is 6.61 Å². The first-order chi connectivity index (χ1) is 23.9. The Kier molecular flexibility index (Phi) is 19.8. The second kappa shape index (κ2) is 24.1. The van der Waals surface area contributed by atoms with Crippen molar-refractivity contribution in [1.82, 2.24) is 5.32 Å². The number of nitrogens with one attached hydrogen (secondary N) is 1. The summed E-state index contributed by atoms with van der Waals surface area (Å²) in [4.78, 5) is 11.7. The second-order valence-corrected chi connectivity index (χ2v) is 16.5. The van der Waals surface area contributed by atoms with Crippen molar-refractivity contribution in [3.63, 3.8) is 0 Å². The lowest BCUT2D eigenvalue weighted by atomic mass is 10.2. The van der Waals surface area contributed by atoms with Crippen LogP contribution >= 0.6 is 0 Å². The zero-order chi connectivity index (χ0) is 34.9. The molecule has 0 aliphatic rings. The van der Waals surface area contributed by atoms with Gasteiger partial charge in [-0.1, -0.05) is 112 Å². The Labute approximate surface area is 293 Å². The van der Waals surface area contributed by atoms with E-state index in [1.54, 1.807) is 0 Å². The summed E-state index contributed by atoms with van der Waals surface area (Å²) in [5.74, 6) is 0. The van der Waals surface area contributed by atoms with Gasteiger partial charge in [-0.3, -0.25) is 0 Å². The fraction of sp³-hybridized carbons (Fsp3) is 0.500. The fourth-order valence-corrected chi connectivity index (χ4v) is 9.76. The summed E-state index contributed by atoms with van der Waals surface area (Å²) >= 11 is 0. The molecule has 3 rings (SSSR count). The Balaban J connectivity index is 1.09. The predicted molar refractivity (Wildman–Crippen MR) is 193 cm³/mol. The molecule has 0 atom stereocenters. The number of benzene rings is 3. The van der Waals surface area contributed by atoms with Crippen molar-refractivity contribution in [2.45, 2.75) is 32.4 Å². The van der Waals surface area contributed by atoms with Crippen LogP contribution < -0.4 is 15.7 Å². The third-order valence-corrected chi connectivity index (χ3v) is 12.6. The maximum atomic E-state index is 11.7. The molecule has 0 aromatic heterocycles. The van der Waals surface area contributed by atoms with Crippen LogP contribution in [-0.2, 0) is 44.2 Å². The Bertz CT molecular complexity index is 1210. The summed E-state index contributed by atoms with van der Waals surface area (Å²) in [6.45, 7) is 13.6. The van der Waals surface area contributed by atoms with Gasteiger partial charge in [0, 0.05) is 6.54 Å². The number of carbonyl (C=O) groups is 1. The molecular weight excluding hydrogens is 643 g/mol. The number of alkyl carbamates (subject to hydrolysis) is 1. The van der Waals surface area contributed by atoms with Crippen LogP contribution in [0.25, 0.3) is 0 Å². The Morgan fingerprint density at radius 3 is 1.31 bits per heavy atom. The quantitative estimate of drug-likeness (QED) is 0.0954. The van der Waals surface area contributed by atoms with E-state index < -0.39 is 14.4 Å². The third-order valence-electron chi connectivity index (χ3n) is 7.55. The smallest absolute Gasteiger partial charge is 0.407 e. The van der Waals surface area contributed by atoms with Gasteiger partial charge in [-0.2, -0.15) is 0 Å². The minimum Gasteiger partial charge on any atom is -0.445 e. The zero-order valence-electron chi connectivity index (χ0n) is 29.4. The maximum absolute atomic E-state index is 11.7. The third kappa shape index (κ3) is 15.5. The highest BCUT2D eigenvalue weighted by atomic mass is 28.4. The molecule has 0 heterocycles. The largest absolute Gasteiger partial charge is 0.445 e. The van der Waals surface area contributed by atoms with Crippen LogP contribution in [0, 0.1) is 0 Å². The molecular formula is C38H55NO9Si. The van der Waals surface area contributed by atoms with Crippen molar-refractivity contribution in [3.8, 4) is 0 Å². The first-order valence-electron chi connectivity index (χ1n) is 17.1. The summed E-state index contributed by atoms with van der Waals surface area (Å²) in [7, 11) is -2.54. The lowest BCUT2D eigenvalue weighted by Crippen LogP contribution is -2.66. The number of ether oxygens (including phenoxy) is 7. The summed E-state index contributed by atoms with van der Waals surface area (Å²) in [6, 6.07) is 30.8. The molecule has 0 aliphatic heterocycles. The van der Waals surface area contributed by atoms with Crippen LogP contribution in [0.15, 0.2) is 91.0 Å². The van der Waals surface area contributed by atoms with E-state index in [1.807, 2.05) is 30.3 Å². The molecule has 0 unspecified atom stereocenters. The number of hydrogen-bond donors (Lipinski definition) is 1. The molecule has 0 radical (unpaired) electrons. The predicted octanol–water partition coefficient (Wildman–Crippen LogP) is 4.59. The molecule has 0 bridgehead atoms. The van der Waals surface area contributed by atoms with E-state index in [0.717, 1.165) is 5.56 Å². The van der Waals surface area contributed by atoms with Gasteiger partial charge >= 0.3 is 6.09 Å². The molecule has 0 spiro atoms. The van der Waals surface area contributed by atoms with Gasteiger partial charge in [0.05, 0.1) is 85.9 Å². The zero-order valence-corrected chi connectivity index (χ0v) is 30.4. The summed E-state index contributed by atoms with van der Waals surface area (Å²) in [5, 5.41) is 5.12. The molecule has 1 amide bonds. The highest BCUT2D eigenvalue weighted by Crippen LogP contribution is 2.36. The normalized spacial score (nSPS) is 11.8. The summed E-state index contributed by atoms with van der Waals surface area (Å²) < 4.78 is 45.5. The fourth-order valence-electron chi connectivity index (χ4n) is 5.22. The van der Waals surface area contributed by atoms with Crippen molar-refractivity contribution in [2.24, 2.45) is 0 Å². The summed E-state index contributed by atoms with van der Waals surface area (Å²) in [6.07, 6.45) is -0.466. The van der Waals surface area contributed by atoms with Gasteiger partial charge in [-0.05, 0) is 21.0 Å². The number of carbonyl (C=O) groups excluding carboxylic acids is 1. The van der Waals surface area contributed by atoms with Gasteiger partial charge in [0.2, 0.25) is 0 Å². The van der Waals surface area contributed by atoms with E-state index in [-0.39, 0.29) is 11.6 Å². The average molecular weight is 698 g/mol. The van der Waals surface area contributed by atoms with Crippen LogP contribution in [0.2, 0.25) is 5.04 Å². The van der Waals surface area contributed by atoms with Gasteiger partial charge in [0.15, 0.2) is 0 Å². The van der Waals surface area contributed by atoms with E-state index in [9.17, 15) is 4.79 Å². The minimum absolute atomic E-state index is 0.0592. The van der Waals surface area contributed by atoms with E-state index >= 15 is 0 Å². The highest BCUT2D eigenvalue weighted by molar-refractivity contribution is 6.99. The highest BCUT2D eigenvalue weighted by Gasteiger charge is 2.50. The van der Waals surface area contributed by atoms with Crippen LogP contribution in [0.1, 0.15) is 26.3 Å².